The van der Waals surface area contributed by atoms with Gasteiger partial charge in [-0.2, -0.15) is 0 Å². The Morgan fingerprint density at radius 1 is 0.900 bits per heavy atom. The number of benzene rings is 2. The largest absolute Gasteiger partial charge is 0.335 e. The predicted molar refractivity (Wildman–Crippen MR) is 127 cm³/mol. The number of rotatable bonds is 7. The van der Waals surface area contributed by atoms with Gasteiger partial charge in [0.2, 0.25) is 0 Å². The second-order valence-corrected chi connectivity index (χ2v) is 8.53. The molecular formula is C26H26ClN3. The van der Waals surface area contributed by atoms with Crippen molar-refractivity contribution < 1.29 is 0 Å². The molecule has 30 heavy (non-hydrogen) atoms. The van der Waals surface area contributed by atoms with E-state index in [9.17, 15) is 0 Å². The van der Waals surface area contributed by atoms with E-state index in [1.807, 2.05) is 18.3 Å². The summed E-state index contributed by atoms with van der Waals surface area (Å²) >= 11 is 6.25. The zero-order valence-corrected chi connectivity index (χ0v) is 18.1. The van der Waals surface area contributed by atoms with Crippen LogP contribution >= 0.6 is 11.6 Å². The second-order valence-electron chi connectivity index (χ2n) is 8.09. The summed E-state index contributed by atoms with van der Waals surface area (Å²) in [6.45, 7) is 3.04. The third-order valence-electron chi connectivity index (χ3n) is 5.99. The van der Waals surface area contributed by atoms with E-state index in [0.29, 0.717) is 0 Å². The average Bonchev–Trinajstić information content (AvgIpc) is 3.29. The maximum atomic E-state index is 6.25. The number of nitrogens with zero attached hydrogens (tertiary/aromatic N) is 3. The molecule has 0 aliphatic heterocycles. The van der Waals surface area contributed by atoms with Gasteiger partial charge in [-0.05, 0) is 42.7 Å². The first-order chi connectivity index (χ1) is 14.7. The maximum absolute atomic E-state index is 6.25. The lowest BCUT2D eigenvalue weighted by atomic mass is 10.1. The van der Waals surface area contributed by atoms with Crippen LogP contribution in [0.3, 0.4) is 0 Å². The lowest BCUT2D eigenvalue weighted by Crippen LogP contribution is -2.01. The molecule has 0 radical (unpaired) electrons. The number of hydrogen-bond acceptors (Lipinski definition) is 1. The van der Waals surface area contributed by atoms with Crippen molar-refractivity contribution >= 4 is 39.1 Å². The Labute approximate surface area is 181 Å². The van der Waals surface area contributed by atoms with Crippen molar-refractivity contribution in [3.8, 4) is 0 Å². The molecule has 0 bridgehead atoms. The normalized spacial score (nSPS) is 11.8. The molecule has 0 spiro atoms. The third-order valence-corrected chi connectivity index (χ3v) is 6.23. The SMILES string of the molecule is CCCCCCc1cnc2cc3c4ccccc4n(Cc4cccc(Cl)c4)c3cn12. The van der Waals surface area contributed by atoms with Gasteiger partial charge < -0.3 is 8.97 Å². The fourth-order valence-corrected chi connectivity index (χ4v) is 4.68. The van der Waals surface area contributed by atoms with Gasteiger partial charge in [0, 0.05) is 45.9 Å². The van der Waals surface area contributed by atoms with Crippen LogP contribution in [0, 0.1) is 0 Å². The van der Waals surface area contributed by atoms with Gasteiger partial charge in [-0.3, -0.25) is 0 Å². The summed E-state index contributed by atoms with van der Waals surface area (Å²) < 4.78 is 4.68. The summed E-state index contributed by atoms with van der Waals surface area (Å²) in [4.78, 5) is 4.72. The molecule has 5 aromatic rings. The Bertz CT molecular complexity index is 1330. The minimum absolute atomic E-state index is 0.777. The molecule has 0 saturated carbocycles. The van der Waals surface area contributed by atoms with Gasteiger partial charge in [0.05, 0.1) is 5.52 Å². The van der Waals surface area contributed by atoms with Crippen LogP contribution in [0.15, 0.2) is 67.0 Å². The summed E-state index contributed by atoms with van der Waals surface area (Å²) in [6.07, 6.45) is 10.4. The van der Waals surface area contributed by atoms with Crippen LogP contribution in [0.2, 0.25) is 5.02 Å². The average molecular weight is 416 g/mol. The predicted octanol–water partition coefficient (Wildman–Crippen LogP) is 7.27. The minimum atomic E-state index is 0.777. The van der Waals surface area contributed by atoms with Crippen molar-refractivity contribution in [1.29, 1.82) is 0 Å². The van der Waals surface area contributed by atoms with Gasteiger partial charge >= 0.3 is 0 Å². The van der Waals surface area contributed by atoms with Gasteiger partial charge in [0.15, 0.2) is 0 Å². The molecule has 0 saturated heterocycles. The molecule has 0 unspecified atom stereocenters. The van der Waals surface area contributed by atoms with Crippen molar-refractivity contribution in [3.63, 3.8) is 0 Å². The molecular weight excluding hydrogens is 390 g/mol. The molecule has 0 amide bonds. The number of pyridine rings is 1. The zero-order valence-electron chi connectivity index (χ0n) is 17.3. The number of halogens is 1. The molecule has 0 N–H and O–H groups in total. The summed E-state index contributed by atoms with van der Waals surface area (Å²) in [5.74, 6) is 0. The van der Waals surface area contributed by atoms with E-state index in [1.165, 1.54) is 58.7 Å². The highest BCUT2D eigenvalue weighted by Gasteiger charge is 2.14. The van der Waals surface area contributed by atoms with Gasteiger partial charge in [0.25, 0.3) is 0 Å². The van der Waals surface area contributed by atoms with Gasteiger partial charge in [-0.1, -0.05) is 68.1 Å². The van der Waals surface area contributed by atoms with E-state index in [0.717, 1.165) is 23.6 Å². The molecule has 0 fully saturated rings. The van der Waals surface area contributed by atoms with Crippen molar-refractivity contribution in [2.24, 2.45) is 0 Å². The summed E-state index contributed by atoms with van der Waals surface area (Å²) in [5.41, 5.74) is 6.00. The van der Waals surface area contributed by atoms with Gasteiger partial charge in [-0.25, -0.2) is 4.98 Å². The highest BCUT2D eigenvalue weighted by Crippen LogP contribution is 2.31. The summed E-state index contributed by atoms with van der Waals surface area (Å²) in [7, 11) is 0. The highest BCUT2D eigenvalue weighted by molar-refractivity contribution is 6.30. The smallest absolute Gasteiger partial charge is 0.137 e. The van der Waals surface area contributed by atoms with E-state index in [2.05, 4.69) is 64.6 Å². The first kappa shape index (κ1) is 19.2. The quantitative estimate of drug-likeness (QED) is 0.256. The van der Waals surface area contributed by atoms with Gasteiger partial charge in [0.1, 0.15) is 5.65 Å². The molecule has 0 aliphatic carbocycles. The van der Waals surface area contributed by atoms with E-state index >= 15 is 0 Å². The van der Waals surface area contributed by atoms with Crippen LogP contribution in [0.5, 0.6) is 0 Å². The molecule has 5 rings (SSSR count). The molecule has 152 valence electrons. The van der Waals surface area contributed by atoms with Crippen LogP contribution in [0.1, 0.15) is 43.9 Å². The number of unbranched alkanes of at least 4 members (excludes halogenated alkanes) is 3. The van der Waals surface area contributed by atoms with Crippen molar-refractivity contribution in [2.45, 2.75) is 45.6 Å². The molecule has 3 heterocycles. The second kappa shape index (κ2) is 8.16. The molecule has 0 atom stereocenters. The van der Waals surface area contributed by atoms with Crippen molar-refractivity contribution in [1.82, 2.24) is 14.0 Å². The lowest BCUT2D eigenvalue weighted by Gasteiger charge is -2.09. The van der Waals surface area contributed by atoms with E-state index in [4.69, 9.17) is 16.6 Å². The minimum Gasteiger partial charge on any atom is -0.335 e. The first-order valence-electron chi connectivity index (χ1n) is 10.9. The standard InChI is InChI=1S/C26H26ClN3/c1-2-3-4-5-11-21-16-28-26-15-23-22-12-6-7-13-24(22)30(25(23)18-29(21)26)17-19-9-8-10-20(27)14-19/h6-10,12-16,18H,2-5,11,17H2,1H3. The number of hydrogen-bond donors (Lipinski definition) is 0. The highest BCUT2D eigenvalue weighted by atomic mass is 35.5. The monoisotopic (exact) mass is 415 g/mol. The lowest BCUT2D eigenvalue weighted by molar-refractivity contribution is 0.659. The van der Waals surface area contributed by atoms with Crippen LogP contribution in [0.4, 0.5) is 0 Å². The number of imidazole rings is 1. The van der Waals surface area contributed by atoms with E-state index < -0.39 is 0 Å². The first-order valence-corrected chi connectivity index (χ1v) is 11.2. The number of para-hydroxylation sites is 1. The Kier molecular flexibility index (Phi) is 5.22. The van der Waals surface area contributed by atoms with Crippen LogP contribution in [-0.4, -0.2) is 14.0 Å². The molecule has 0 aliphatic rings. The van der Waals surface area contributed by atoms with Crippen molar-refractivity contribution in [2.75, 3.05) is 0 Å². The van der Waals surface area contributed by atoms with Crippen LogP contribution in [0.25, 0.3) is 27.5 Å². The molecule has 3 nitrogen and oxygen atoms in total. The van der Waals surface area contributed by atoms with E-state index in [-0.39, 0.29) is 0 Å². The molecule has 3 aromatic heterocycles. The maximum Gasteiger partial charge on any atom is 0.137 e. The van der Waals surface area contributed by atoms with Crippen LogP contribution in [-0.2, 0) is 13.0 Å². The number of aryl methyl sites for hydroxylation is 1. The van der Waals surface area contributed by atoms with Crippen LogP contribution < -0.4 is 0 Å². The Morgan fingerprint density at radius 2 is 1.80 bits per heavy atom. The Balaban J connectivity index is 1.64. The molecule has 4 heteroatoms. The fourth-order valence-electron chi connectivity index (χ4n) is 4.47. The summed E-state index contributed by atoms with van der Waals surface area (Å²) in [6, 6.07) is 19.0. The Morgan fingerprint density at radius 3 is 2.67 bits per heavy atom. The number of fused-ring (bicyclic) bond motifs is 4. The zero-order chi connectivity index (χ0) is 20.5. The fraction of sp³-hybridized carbons (Fsp3) is 0.269. The van der Waals surface area contributed by atoms with Crippen molar-refractivity contribution in [3.05, 3.63) is 83.3 Å². The molecule has 2 aromatic carbocycles. The Hall–Kier alpha value is -2.78. The van der Waals surface area contributed by atoms with E-state index in [1.54, 1.807) is 0 Å². The third kappa shape index (κ3) is 3.48. The van der Waals surface area contributed by atoms with Gasteiger partial charge in [-0.15, -0.1) is 0 Å². The topological polar surface area (TPSA) is 22.2 Å². The summed E-state index contributed by atoms with van der Waals surface area (Å²) in [5, 5.41) is 3.30. The number of aromatic nitrogens is 3.